The summed E-state index contributed by atoms with van der Waals surface area (Å²) >= 11 is 0. The van der Waals surface area contributed by atoms with E-state index in [0.29, 0.717) is 11.4 Å². The van der Waals surface area contributed by atoms with Crippen LogP contribution in [0.2, 0.25) is 0 Å². The summed E-state index contributed by atoms with van der Waals surface area (Å²) in [7, 11) is 2.67. The molecule has 0 saturated heterocycles. The Morgan fingerprint density at radius 1 is 0.547 bits per heavy atom. The quantitative estimate of drug-likeness (QED) is 0.187. The van der Waals surface area contributed by atoms with Crippen molar-refractivity contribution < 1.29 is 29.4 Å². The molecule has 14 heteroatoms. The van der Waals surface area contributed by atoms with Gasteiger partial charge in [0.15, 0.2) is 0 Å². The molecule has 14 nitrogen and oxygen atoms in total. The van der Waals surface area contributed by atoms with Crippen molar-refractivity contribution in [2.75, 3.05) is 12.4 Å². The van der Waals surface area contributed by atoms with Gasteiger partial charge in [-0.1, -0.05) is 57.7 Å². The number of carbonyl (C=O) groups excluding carboxylic acids is 2. The van der Waals surface area contributed by atoms with E-state index in [4.69, 9.17) is 0 Å². The first-order valence-corrected chi connectivity index (χ1v) is 14.8. The Balaban J connectivity index is 0.000000348. The minimum absolute atomic E-state index is 0. The van der Waals surface area contributed by atoms with E-state index in [1.165, 1.54) is 26.2 Å². The minimum Gasteiger partial charge on any atom is -0.478 e. The molecule has 2 heterocycles. The maximum Gasteiger partial charge on any atom is 0.336 e. The van der Waals surface area contributed by atoms with Crippen LogP contribution < -0.4 is 32.9 Å². The minimum atomic E-state index is -1.48. The number of rotatable bonds is 6. The highest BCUT2D eigenvalue weighted by atomic mass is 16.4. The summed E-state index contributed by atoms with van der Waals surface area (Å²) in [6, 6.07) is 18.3. The van der Waals surface area contributed by atoms with Crippen LogP contribution in [0.3, 0.4) is 0 Å². The molecule has 2 aromatic heterocycles. The number of fused-ring (bicyclic) bond motifs is 2. The van der Waals surface area contributed by atoms with Crippen LogP contribution in [0.5, 0.6) is 0 Å². The maximum absolute atomic E-state index is 12.7. The number of hydrogen-bond donors (Lipinski definition) is 4. The van der Waals surface area contributed by atoms with Crippen molar-refractivity contribution in [2.45, 2.75) is 36.1 Å². The lowest BCUT2D eigenvalue weighted by atomic mass is 9.97. The molecule has 6 aromatic rings. The number of carbonyl (C=O) groups is 4. The maximum atomic E-state index is 12.7. The molecule has 0 saturated carbocycles. The van der Waals surface area contributed by atoms with E-state index in [0.717, 1.165) is 32.4 Å². The zero-order valence-electron chi connectivity index (χ0n) is 27.0. The summed E-state index contributed by atoms with van der Waals surface area (Å²) in [6.45, 7) is 3.78. The van der Waals surface area contributed by atoms with Gasteiger partial charge in [0.05, 0.1) is 49.5 Å². The van der Waals surface area contributed by atoms with Gasteiger partial charge in [-0.3, -0.25) is 33.3 Å². The number of carboxylic acids is 2. The zero-order chi connectivity index (χ0) is 36.6. The Morgan fingerprint density at radius 2 is 0.925 bits per heavy atom. The van der Waals surface area contributed by atoms with Crippen molar-refractivity contribution in [3.8, 4) is 5.69 Å². The Morgan fingerprint density at radius 3 is 1.34 bits per heavy atom. The third-order valence-electron chi connectivity index (χ3n) is 8.03. The van der Waals surface area contributed by atoms with Crippen LogP contribution in [0.1, 0.15) is 74.8 Å². The van der Waals surface area contributed by atoms with Gasteiger partial charge in [0, 0.05) is 19.8 Å². The van der Waals surface area contributed by atoms with E-state index in [-0.39, 0.29) is 55.0 Å². The first-order valence-electron chi connectivity index (χ1n) is 14.8. The van der Waals surface area contributed by atoms with Crippen molar-refractivity contribution >= 4 is 51.0 Å². The third kappa shape index (κ3) is 7.86. The molecule has 0 aliphatic carbocycles. The molecule has 53 heavy (non-hydrogen) atoms. The first kappa shape index (κ1) is 42.2. The smallest absolute Gasteiger partial charge is 0.336 e. The van der Waals surface area contributed by atoms with Crippen LogP contribution in [0.15, 0.2) is 92.0 Å². The van der Waals surface area contributed by atoms with Gasteiger partial charge in [-0.25, -0.2) is 14.2 Å². The molecular weight excluding hydrogens is 684 g/mol. The molecule has 2 amide bonds. The number of benzene rings is 4. The average Bonchev–Trinajstić information content (AvgIpc) is 3.47. The molecule has 0 fully saturated rings. The Bertz CT molecular complexity index is 2510. The largest absolute Gasteiger partial charge is 0.478 e. The van der Waals surface area contributed by atoms with Crippen LogP contribution in [-0.4, -0.2) is 50.1 Å². The highest BCUT2D eigenvalue weighted by molar-refractivity contribution is 6.14. The number of aromatic nitrogens is 2. The molecule has 0 atom stereocenters. The van der Waals surface area contributed by atoms with Crippen LogP contribution >= 0.6 is 0 Å². The number of carboxylic acid groups (broad SMARTS) is 2. The number of hydrogen-bond acceptors (Lipinski definition) is 8. The SMILES string of the molecule is C.C.C.CNC(=O)c1cc(C(=O)Nc2ccc(C)cc2)c(C(=O)O)cc1C(=O)O.Cc1ccc(-n2c(=O)c3cc4c(=O)n(C)c(=O)c4cc3c2=O)cc1. The predicted molar refractivity (Wildman–Crippen MR) is 205 cm³/mol. The lowest BCUT2D eigenvalue weighted by molar-refractivity contribution is 0.0689. The Labute approximate surface area is 303 Å². The zero-order valence-corrected chi connectivity index (χ0v) is 27.0. The summed E-state index contributed by atoms with van der Waals surface area (Å²) in [6.07, 6.45) is 0. The lowest BCUT2D eigenvalue weighted by Gasteiger charge is -2.12. The van der Waals surface area contributed by atoms with Crippen molar-refractivity contribution in [2.24, 2.45) is 7.05 Å². The summed E-state index contributed by atoms with van der Waals surface area (Å²) in [5.41, 5.74) is -0.682. The Hall–Kier alpha value is -6.96. The number of aromatic carboxylic acids is 2. The Kier molecular flexibility index (Phi) is 13.0. The number of amides is 2. The van der Waals surface area contributed by atoms with Crippen LogP contribution in [0.25, 0.3) is 27.2 Å². The van der Waals surface area contributed by atoms with Crippen molar-refractivity contribution in [3.63, 3.8) is 0 Å². The van der Waals surface area contributed by atoms with Crippen molar-refractivity contribution in [3.05, 3.63) is 148 Å². The molecule has 4 N–H and O–H groups in total. The summed E-state index contributed by atoms with van der Waals surface area (Å²) in [5, 5.41) is 24.0. The first-order chi connectivity index (χ1) is 23.6. The second-order valence-corrected chi connectivity index (χ2v) is 11.3. The molecule has 0 spiro atoms. The molecular formula is C39H40N4O10. The van der Waals surface area contributed by atoms with E-state index >= 15 is 0 Å². The number of aryl methyl sites for hydroxylation is 2. The van der Waals surface area contributed by atoms with Gasteiger partial charge in [-0.05, 0) is 62.4 Å². The summed E-state index contributed by atoms with van der Waals surface area (Å²) < 4.78 is 2.05. The number of nitrogens with zero attached hydrogens (tertiary/aromatic N) is 2. The lowest BCUT2D eigenvalue weighted by Crippen LogP contribution is -2.24. The van der Waals surface area contributed by atoms with Gasteiger partial charge >= 0.3 is 11.9 Å². The van der Waals surface area contributed by atoms with Crippen molar-refractivity contribution in [1.29, 1.82) is 0 Å². The topological polar surface area (TPSA) is 211 Å². The van der Waals surface area contributed by atoms with Crippen LogP contribution in [-0.2, 0) is 7.05 Å². The highest BCUT2D eigenvalue weighted by Gasteiger charge is 2.25. The van der Waals surface area contributed by atoms with Gasteiger partial charge in [0.1, 0.15) is 0 Å². The third-order valence-corrected chi connectivity index (χ3v) is 8.03. The molecule has 0 bridgehead atoms. The monoisotopic (exact) mass is 724 g/mol. The highest BCUT2D eigenvalue weighted by Crippen LogP contribution is 2.21. The molecule has 276 valence electrons. The molecule has 0 unspecified atom stereocenters. The van der Waals surface area contributed by atoms with E-state index in [9.17, 15) is 48.6 Å². The molecule has 0 aliphatic heterocycles. The summed E-state index contributed by atoms with van der Waals surface area (Å²) in [4.78, 5) is 96.7. The van der Waals surface area contributed by atoms with Gasteiger partial charge in [0.25, 0.3) is 34.1 Å². The fraction of sp³-hybridized carbons (Fsp3) is 0.179. The number of nitrogens with one attached hydrogen (secondary N) is 2. The van der Waals surface area contributed by atoms with Crippen LogP contribution in [0, 0.1) is 13.8 Å². The predicted octanol–water partition coefficient (Wildman–Crippen LogP) is 4.66. The number of anilines is 1. The van der Waals surface area contributed by atoms with E-state index in [2.05, 4.69) is 10.6 Å². The van der Waals surface area contributed by atoms with Crippen LogP contribution in [0.4, 0.5) is 5.69 Å². The molecule has 4 aromatic carbocycles. The summed E-state index contributed by atoms with van der Waals surface area (Å²) in [5.74, 6) is -4.47. The van der Waals surface area contributed by atoms with Crippen molar-refractivity contribution in [1.82, 2.24) is 14.5 Å². The van der Waals surface area contributed by atoms with E-state index < -0.39 is 57.1 Å². The molecule has 0 radical (unpaired) electrons. The van der Waals surface area contributed by atoms with E-state index in [1.807, 2.05) is 13.8 Å². The van der Waals surface area contributed by atoms with Gasteiger partial charge in [-0.15, -0.1) is 0 Å². The van der Waals surface area contributed by atoms with E-state index in [1.54, 1.807) is 48.5 Å². The molecule has 0 aliphatic rings. The fourth-order valence-electron chi connectivity index (χ4n) is 5.32. The second-order valence-electron chi connectivity index (χ2n) is 11.3. The average molecular weight is 725 g/mol. The molecule has 6 rings (SSSR count). The van der Waals surface area contributed by atoms with Gasteiger partial charge in [-0.2, -0.15) is 0 Å². The van der Waals surface area contributed by atoms with Gasteiger partial charge in [0.2, 0.25) is 0 Å². The fourth-order valence-corrected chi connectivity index (χ4v) is 5.32. The van der Waals surface area contributed by atoms with Gasteiger partial charge < -0.3 is 20.8 Å². The second kappa shape index (κ2) is 16.4. The standard InChI is InChI=1S/C18H16N2O6.C18H12N2O4.3CH4/c1-9-3-5-10(6-4-9)20-16(22)12-7-11(15(21)19-2)13(17(23)24)8-14(12)18(25)26;1-9-3-5-10(6-4-9)20-17(23)13-7-11-12(8-14(13)18(20)24)16(22)19(2)15(11)21;;;/h3-8H,1-2H3,(H,19,21)(H,20,22)(H,23,24)(H,25,26);3-8H,1-2H3;3*1H4. The normalized spacial score (nSPS) is 10.2.